The first-order valence-corrected chi connectivity index (χ1v) is 13.3. The van der Waals surface area contributed by atoms with Gasteiger partial charge in [0.15, 0.2) is 0 Å². The topological polar surface area (TPSA) is 88.5 Å². The molecule has 1 aliphatic heterocycles. The largest absolute Gasteiger partial charge is 0.416 e. The molecule has 2 aromatic rings. The number of nitrogens with one attached hydrogen (secondary N) is 2. The quantitative estimate of drug-likeness (QED) is 0.511. The van der Waals surface area contributed by atoms with Gasteiger partial charge in [0, 0.05) is 37.5 Å². The molecule has 1 aliphatic carbocycles. The van der Waals surface area contributed by atoms with Crippen molar-refractivity contribution in [2.75, 3.05) is 26.2 Å². The van der Waals surface area contributed by atoms with Crippen LogP contribution in [-0.4, -0.2) is 70.9 Å². The Labute approximate surface area is 220 Å². The molecule has 2 fully saturated rings. The van der Waals surface area contributed by atoms with E-state index in [2.05, 4.69) is 25.3 Å². The number of alkyl halides is 3. The molecule has 1 saturated heterocycles. The first-order valence-electron chi connectivity index (χ1n) is 13.3. The first-order chi connectivity index (χ1) is 18.1. The Kier molecular flexibility index (Phi) is 9.09. The lowest BCUT2D eigenvalue weighted by Gasteiger charge is -2.34. The van der Waals surface area contributed by atoms with Crippen molar-refractivity contribution in [3.05, 3.63) is 53.3 Å². The van der Waals surface area contributed by atoms with Crippen LogP contribution in [-0.2, 0) is 15.7 Å². The fraction of sp³-hybridized carbons (Fsp3) is 0.593. The molecular weight excluding hydrogens is 499 g/mol. The normalized spacial score (nSPS) is 24.3. The number of amides is 2. The average molecular weight is 536 g/mol. The highest BCUT2D eigenvalue weighted by atomic mass is 19.4. The van der Waals surface area contributed by atoms with Gasteiger partial charge < -0.3 is 15.4 Å². The van der Waals surface area contributed by atoms with E-state index in [1.54, 1.807) is 0 Å². The molecule has 2 heterocycles. The molecule has 2 unspecified atom stereocenters. The summed E-state index contributed by atoms with van der Waals surface area (Å²) >= 11 is 0. The Morgan fingerprint density at radius 2 is 1.84 bits per heavy atom. The summed E-state index contributed by atoms with van der Waals surface area (Å²) in [6, 6.07) is 6.74. The second-order valence-corrected chi connectivity index (χ2v) is 10.2. The van der Waals surface area contributed by atoms with Gasteiger partial charge in [-0.05, 0) is 63.3 Å². The number of carbonyl (C=O) groups excluding carboxylic acids is 2. The number of carbonyl (C=O) groups is 2. The summed E-state index contributed by atoms with van der Waals surface area (Å²) in [5.74, 6) is -1.14. The smallest absolute Gasteiger partial charge is 0.375 e. The number of rotatable bonds is 9. The minimum absolute atomic E-state index is 0.148. The van der Waals surface area contributed by atoms with Gasteiger partial charge in [-0.15, -0.1) is 0 Å². The lowest BCUT2D eigenvalue weighted by molar-refractivity contribution is -0.137. The van der Waals surface area contributed by atoms with E-state index in [0.29, 0.717) is 25.2 Å². The molecule has 1 aromatic carbocycles. The zero-order valence-corrected chi connectivity index (χ0v) is 21.8. The maximum Gasteiger partial charge on any atom is 0.416 e. The molecular formula is C27H36F3N5O3. The molecule has 0 bridgehead atoms. The predicted molar refractivity (Wildman–Crippen MR) is 136 cm³/mol. The van der Waals surface area contributed by atoms with Gasteiger partial charge in [0.2, 0.25) is 5.91 Å². The molecule has 0 radical (unpaired) electrons. The van der Waals surface area contributed by atoms with Crippen molar-refractivity contribution >= 4 is 11.8 Å². The maximum atomic E-state index is 12.9. The number of aromatic nitrogens is 2. The number of hydrogen-bond acceptors (Lipinski definition) is 5. The Hall–Kier alpha value is -2.92. The van der Waals surface area contributed by atoms with Crippen molar-refractivity contribution in [3.63, 3.8) is 0 Å². The summed E-state index contributed by atoms with van der Waals surface area (Å²) in [6.45, 7) is 5.65. The Bertz CT molecular complexity index is 1100. The molecule has 2 atom stereocenters. The van der Waals surface area contributed by atoms with Crippen molar-refractivity contribution in [2.45, 2.75) is 76.4 Å². The third-order valence-corrected chi connectivity index (χ3v) is 7.34. The second-order valence-electron chi connectivity index (χ2n) is 10.2. The summed E-state index contributed by atoms with van der Waals surface area (Å²) < 4.78 is 47.0. The van der Waals surface area contributed by atoms with Crippen LogP contribution in [0.3, 0.4) is 0 Å². The lowest BCUT2D eigenvalue weighted by Crippen LogP contribution is -2.48. The van der Waals surface area contributed by atoms with Crippen molar-refractivity contribution in [1.82, 2.24) is 25.3 Å². The van der Waals surface area contributed by atoms with Crippen molar-refractivity contribution in [1.29, 1.82) is 0 Å². The van der Waals surface area contributed by atoms with Gasteiger partial charge in [0.05, 0.1) is 36.0 Å². The number of likely N-dealkylation sites (tertiary alicyclic amines) is 1. The second kappa shape index (κ2) is 12.3. The number of halogens is 3. The monoisotopic (exact) mass is 535 g/mol. The minimum atomic E-state index is -4.55. The Balaban J connectivity index is 1.29. The maximum absolute atomic E-state index is 12.9. The summed E-state index contributed by atoms with van der Waals surface area (Å²) in [7, 11) is 0. The molecule has 208 valence electrons. The summed E-state index contributed by atoms with van der Waals surface area (Å²) in [6.07, 6.45) is 2.36. The zero-order valence-electron chi connectivity index (χ0n) is 21.8. The van der Waals surface area contributed by atoms with Crippen LogP contribution in [0.15, 0.2) is 36.5 Å². The zero-order chi connectivity index (χ0) is 27.3. The number of ether oxygens (including phenoxy) is 1. The van der Waals surface area contributed by atoms with Gasteiger partial charge in [-0.1, -0.05) is 13.0 Å². The van der Waals surface area contributed by atoms with Crippen LogP contribution in [0.2, 0.25) is 0 Å². The van der Waals surface area contributed by atoms with E-state index in [-0.39, 0.29) is 24.3 Å². The molecule has 4 rings (SSSR count). The van der Waals surface area contributed by atoms with Crippen LogP contribution in [0.5, 0.6) is 0 Å². The SMILES string of the molecule is CCCOC1CN(C2CCC(n3ccc(C)n3)CC2)CC1NC(=O)CNC(=O)c1cccc(C(F)(F)F)c1. The highest BCUT2D eigenvalue weighted by Crippen LogP contribution is 2.33. The van der Waals surface area contributed by atoms with Crippen molar-refractivity contribution in [3.8, 4) is 0 Å². The van der Waals surface area contributed by atoms with E-state index in [1.807, 2.05) is 26.1 Å². The van der Waals surface area contributed by atoms with Crippen molar-refractivity contribution < 1.29 is 27.5 Å². The summed E-state index contributed by atoms with van der Waals surface area (Å²) in [5.41, 5.74) is -0.0396. The van der Waals surface area contributed by atoms with Gasteiger partial charge >= 0.3 is 6.18 Å². The lowest BCUT2D eigenvalue weighted by atomic mass is 9.90. The molecule has 8 nitrogen and oxygen atoms in total. The molecule has 0 spiro atoms. The summed E-state index contributed by atoms with van der Waals surface area (Å²) in [5, 5.41) is 9.96. The van der Waals surface area contributed by atoms with E-state index in [4.69, 9.17) is 4.74 Å². The molecule has 2 aliphatic rings. The van der Waals surface area contributed by atoms with Crippen LogP contribution < -0.4 is 10.6 Å². The number of aryl methyl sites for hydroxylation is 1. The highest BCUT2D eigenvalue weighted by Gasteiger charge is 2.39. The van der Waals surface area contributed by atoms with Crippen LogP contribution in [0.25, 0.3) is 0 Å². The van der Waals surface area contributed by atoms with Crippen LogP contribution in [0, 0.1) is 6.92 Å². The predicted octanol–water partition coefficient (Wildman–Crippen LogP) is 3.72. The third-order valence-electron chi connectivity index (χ3n) is 7.34. The molecule has 1 saturated carbocycles. The molecule has 11 heteroatoms. The standard InChI is InChI=1S/C27H36F3N5O3/c1-3-13-38-24-17-34(21-7-9-22(10-8-21)35-12-11-18(2)33-35)16-23(24)32-25(36)15-31-26(37)19-5-4-6-20(14-19)27(28,29)30/h4-6,11-12,14,21-24H,3,7-10,13,15-17H2,1-2H3,(H,31,37)(H,32,36). The van der Waals surface area contributed by atoms with E-state index in [9.17, 15) is 22.8 Å². The van der Waals surface area contributed by atoms with E-state index in [0.717, 1.165) is 56.5 Å². The number of nitrogens with zero attached hydrogens (tertiary/aromatic N) is 3. The van der Waals surface area contributed by atoms with Crippen LogP contribution in [0.4, 0.5) is 13.2 Å². The van der Waals surface area contributed by atoms with Gasteiger partial charge in [0.25, 0.3) is 5.91 Å². The number of hydrogen-bond donors (Lipinski definition) is 2. The molecule has 38 heavy (non-hydrogen) atoms. The highest BCUT2D eigenvalue weighted by molar-refractivity contribution is 5.96. The van der Waals surface area contributed by atoms with Gasteiger partial charge in [-0.3, -0.25) is 19.2 Å². The summed E-state index contributed by atoms with van der Waals surface area (Å²) in [4.78, 5) is 27.4. The fourth-order valence-electron chi connectivity index (χ4n) is 5.36. The van der Waals surface area contributed by atoms with Crippen molar-refractivity contribution in [2.24, 2.45) is 0 Å². The van der Waals surface area contributed by atoms with Crippen LogP contribution >= 0.6 is 0 Å². The third kappa shape index (κ3) is 7.13. The van der Waals surface area contributed by atoms with E-state index >= 15 is 0 Å². The Morgan fingerprint density at radius 3 is 2.50 bits per heavy atom. The van der Waals surface area contributed by atoms with E-state index < -0.39 is 23.6 Å². The Morgan fingerprint density at radius 1 is 1.11 bits per heavy atom. The molecule has 2 amide bonds. The molecule has 2 N–H and O–H groups in total. The first kappa shape index (κ1) is 28.1. The average Bonchev–Trinajstić information content (AvgIpc) is 3.51. The van der Waals surface area contributed by atoms with Crippen LogP contribution in [0.1, 0.15) is 66.7 Å². The minimum Gasteiger partial charge on any atom is -0.375 e. The van der Waals surface area contributed by atoms with Gasteiger partial charge in [-0.2, -0.15) is 18.3 Å². The van der Waals surface area contributed by atoms with E-state index in [1.165, 1.54) is 12.1 Å². The van der Waals surface area contributed by atoms with Gasteiger partial charge in [0.1, 0.15) is 0 Å². The van der Waals surface area contributed by atoms with Gasteiger partial charge in [-0.25, -0.2) is 0 Å². The fourth-order valence-corrected chi connectivity index (χ4v) is 5.36. The number of benzene rings is 1. The molecule has 1 aromatic heterocycles.